The molecule has 0 bridgehead atoms. The summed E-state index contributed by atoms with van der Waals surface area (Å²) in [4.78, 5) is 14.8. The lowest BCUT2D eigenvalue weighted by molar-refractivity contribution is -0.384. The van der Waals surface area contributed by atoms with E-state index in [0.717, 1.165) is 12.5 Å². The summed E-state index contributed by atoms with van der Waals surface area (Å²) in [6.07, 6.45) is 6.14. The molecule has 1 aliphatic rings. The Hall–Kier alpha value is -1.85. The molecular formula is C15H23N3O3. The minimum atomic E-state index is -0.414. The van der Waals surface area contributed by atoms with Crippen LogP contribution in [0.25, 0.3) is 0 Å². The quantitative estimate of drug-likeness (QED) is 0.640. The Morgan fingerprint density at radius 1 is 1.33 bits per heavy atom. The molecule has 0 aliphatic heterocycles. The summed E-state index contributed by atoms with van der Waals surface area (Å²) in [5, 5.41) is 14.2. The maximum atomic E-state index is 11.0. The second-order valence-corrected chi connectivity index (χ2v) is 5.65. The van der Waals surface area contributed by atoms with Crippen molar-refractivity contribution >= 4 is 11.5 Å². The Balaban J connectivity index is 1.97. The van der Waals surface area contributed by atoms with E-state index in [1.807, 2.05) is 0 Å². The Bertz CT molecular complexity index is 485. The normalized spacial score (nSPS) is 21.8. The van der Waals surface area contributed by atoms with Gasteiger partial charge in [-0.3, -0.25) is 10.1 Å². The third kappa shape index (κ3) is 4.06. The molecule has 1 aliphatic carbocycles. The molecule has 1 heterocycles. The molecule has 0 atom stereocenters. The van der Waals surface area contributed by atoms with Crippen LogP contribution < -0.4 is 10.1 Å². The van der Waals surface area contributed by atoms with E-state index >= 15 is 0 Å². The molecule has 116 valence electrons. The summed E-state index contributed by atoms with van der Waals surface area (Å²) < 4.78 is 5.04. The summed E-state index contributed by atoms with van der Waals surface area (Å²) in [6, 6.07) is 2.94. The molecule has 1 aromatic heterocycles. The summed E-state index contributed by atoms with van der Waals surface area (Å²) in [7, 11) is 1.50. The van der Waals surface area contributed by atoms with E-state index in [-0.39, 0.29) is 5.69 Å². The Labute approximate surface area is 125 Å². The van der Waals surface area contributed by atoms with Gasteiger partial charge in [-0.15, -0.1) is 0 Å². The van der Waals surface area contributed by atoms with Gasteiger partial charge in [0.25, 0.3) is 0 Å². The molecule has 0 unspecified atom stereocenters. The molecule has 1 saturated carbocycles. The van der Waals surface area contributed by atoms with Gasteiger partial charge < -0.3 is 10.1 Å². The van der Waals surface area contributed by atoms with Crippen molar-refractivity contribution in [3.8, 4) is 5.88 Å². The fraction of sp³-hybridized carbons (Fsp3) is 0.667. The number of anilines is 1. The van der Waals surface area contributed by atoms with Crippen LogP contribution in [0.3, 0.4) is 0 Å². The summed E-state index contributed by atoms with van der Waals surface area (Å²) >= 11 is 0. The standard InChI is InChI=1S/C15H23N3O3/c1-3-11-4-6-12(7-5-11)10-16-15-13(18(19)20)8-9-14(17-15)21-2/h8-9,11-12H,3-7,10H2,1-2H3,(H,16,17). The number of aromatic nitrogens is 1. The SMILES string of the molecule is CCC1CCC(CNc2nc(OC)ccc2[N+](=O)[O-])CC1. The van der Waals surface area contributed by atoms with Gasteiger partial charge in [-0.25, -0.2) is 0 Å². The fourth-order valence-electron chi connectivity index (χ4n) is 2.91. The second kappa shape index (κ2) is 7.24. The van der Waals surface area contributed by atoms with Crippen LogP contribution >= 0.6 is 0 Å². The van der Waals surface area contributed by atoms with Crippen molar-refractivity contribution < 1.29 is 9.66 Å². The molecule has 6 nitrogen and oxygen atoms in total. The number of pyridine rings is 1. The fourth-order valence-corrected chi connectivity index (χ4v) is 2.91. The zero-order chi connectivity index (χ0) is 15.2. The van der Waals surface area contributed by atoms with Gasteiger partial charge in [0.15, 0.2) is 0 Å². The van der Waals surface area contributed by atoms with Crippen molar-refractivity contribution in [1.82, 2.24) is 4.98 Å². The maximum Gasteiger partial charge on any atom is 0.311 e. The number of nitrogens with zero attached hydrogens (tertiary/aromatic N) is 2. The van der Waals surface area contributed by atoms with E-state index in [0.29, 0.717) is 17.6 Å². The number of hydrogen-bond donors (Lipinski definition) is 1. The van der Waals surface area contributed by atoms with Crippen molar-refractivity contribution in [3.05, 3.63) is 22.2 Å². The first-order valence-corrected chi connectivity index (χ1v) is 7.57. The lowest BCUT2D eigenvalue weighted by Gasteiger charge is -2.27. The number of rotatable bonds is 6. The van der Waals surface area contributed by atoms with Crippen molar-refractivity contribution in [2.75, 3.05) is 19.0 Å². The van der Waals surface area contributed by atoms with Crippen LogP contribution in [0.1, 0.15) is 39.0 Å². The van der Waals surface area contributed by atoms with Gasteiger partial charge in [0.1, 0.15) is 0 Å². The van der Waals surface area contributed by atoms with E-state index in [1.54, 1.807) is 0 Å². The van der Waals surface area contributed by atoms with Gasteiger partial charge in [0, 0.05) is 18.7 Å². The number of ether oxygens (including phenoxy) is 1. The number of hydrogen-bond acceptors (Lipinski definition) is 5. The largest absolute Gasteiger partial charge is 0.481 e. The van der Waals surface area contributed by atoms with Crippen LogP contribution in [0.15, 0.2) is 12.1 Å². The smallest absolute Gasteiger partial charge is 0.311 e. The maximum absolute atomic E-state index is 11.0. The first-order chi connectivity index (χ1) is 10.1. The minimum absolute atomic E-state index is 0.00181. The third-order valence-electron chi connectivity index (χ3n) is 4.36. The van der Waals surface area contributed by atoms with Gasteiger partial charge in [-0.05, 0) is 24.7 Å². The Morgan fingerprint density at radius 2 is 2.00 bits per heavy atom. The van der Waals surface area contributed by atoms with Crippen LogP contribution in [0.5, 0.6) is 5.88 Å². The number of methoxy groups -OCH3 is 1. The molecular weight excluding hydrogens is 270 g/mol. The van der Waals surface area contributed by atoms with E-state index < -0.39 is 4.92 Å². The van der Waals surface area contributed by atoms with E-state index in [9.17, 15) is 10.1 Å². The van der Waals surface area contributed by atoms with Gasteiger partial charge in [-0.1, -0.05) is 26.2 Å². The topological polar surface area (TPSA) is 77.3 Å². The van der Waals surface area contributed by atoms with Crippen LogP contribution in [0, 0.1) is 22.0 Å². The molecule has 1 aromatic rings. The van der Waals surface area contributed by atoms with Gasteiger partial charge in [0.05, 0.1) is 12.0 Å². The average molecular weight is 293 g/mol. The predicted octanol–water partition coefficient (Wildman–Crippen LogP) is 3.63. The lowest BCUT2D eigenvalue weighted by Crippen LogP contribution is -2.21. The van der Waals surface area contributed by atoms with Crippen LogP contribution in [0.2, 0.25) is 0 Å². The predicted molar refractivity (Wildman–Crippen MR) is 81.7 cm³/mol. The zero-order valence-electron chi connectivity index (χ0n) is 12.7. The third-order valence-corrected chi connectivity index (χ3v) is 4.36. The molecule has 0 saturated heterocycles. The molecule has 21 heavy (non-hydrogen) atoms. The van der Waals surface area contributed by atoms with Crippen LogP contribution in [-0.2, 0) is 0 Å². The highest BCUT2D eigenvalue weighted by molar-refractivity contribution is 5.57. The molecule has 0 aromatic carbocycles. The van der Waals surface area contributed by atoms with Crippen molar-refractivity contribution in [1.29, 1.82) is 0 Å². The van der Waals surface area contributed by atoms with Crippen molar-refractivity contribution in [3.63, 3.8) is 0 Å². The summed E-state index contributed by atoms with van der Waals surface area (Å²) in [5.41, 5.74) is -0.00181. The first kappa shape index (κ1) is 15.5. The van der Waals surface area contributed by atoms with Gasteiger partial charge >= 0.3 is 5.69 Å². The summed E-state index contributed by atoms with van der Waals surface area (Å²) in [6.45, 7) is 2.98. The Morgan fingerprint density at radius 3 is 2.57 bits per heavy atom. The summed E-state index contributed by atoms with van der Waals surface area (Å²) in [5.74, 6) is 2.11. The second-order valence-electron chi connectivity index (χ2n) is 5.65. The van der Waals surface area contributed by atoms with Crippen LogP contribution in [0.4, 0.5) is 11.5 Å². The molecule has 1 fully saturated rings. The molecule has 0 amide bonds. The van der Waals surface area contributed by atoms with E-state index in [1.165, 1.54) is 51.3 Å². The van der Waals surface area contributed by atoms with Gasteiger partial charge in [-0.2, -0.15) is 4.98 Å². The zero-order valence-corrected chi connectivity index (χ0v) is 12.7. The highest BCUT2D eigenvalue weighted by Gasteiger charge is 2.22. The number of nitrogens with one attached hydrogen (secondary N) is 1. The lowest BCUT2D eigenvalue weighted by atomic mass is 9.81. The van der Waals surface area contributed by atoms with Crippen LogP contribution in [-0.4, -0.2) is 23.6 Å². The molecule has 6 heteroatoms. The van der Waals surface area contributed by atoms with Crippen molar-refractivity contribution in [2.45, 2.75) is 39.0 Å². The molecule has 0 radical (unpaired) electrons. The highest BCUT2D eigenvalue weighted by atomic mass is 16.6. The average Bonchev–Trinajstić information content (AvgIpc) is 2.52. The minimum Gasteiger partial charge on any atom is -0.481 e. The Kier molecular flexibility index (Phi) is 5.36. The molecule has 0 spiro atoms. The van der Waals surface area contributed by atoms with E-state index in [2.05, 4.69) is 17.2 Å². The first-order valence-electron chi connectivity index (χ1n) is 7.57. The van der Waals surface area contributed by atoms with Crippen molar-refractivity contribution in [2.24, 2.45) is 11.8 Å². The monoisotopic (exact) mass is 293 g/mol. The molecule has 2 rings (SSSR count). The number of nitro groups is 1. The molecule has 1 N–H and O–H groups in total. The highest BCUT2D eigenvalue weighted by Crippen LogP contribution is 2.31. The van der Waals surface area contributed by atoms with E-state index in [4.69, 9.17) is 4.74 Å². The van der Waals surface area contributed by atoms with Gasteiger partial charge in [0.2, 0.25) is 11.7 Å².